The van der Waals surface area contributed by atoms with Crippen LogP contribution in [0.1, 0.15) is 11.6 Å². The average Bonchev–Trinajstić information content (AvgIpc) is 2.41. The van der Waals surface area contributed by atoms with Gasteiger partial charge in [-0.3, -0.25) is 0 Å². The highest BCUT2D eigenvalue weighted by Crippen LogP contribution is 2.30. The van der Waals surface area contributed by atoms with E-state index in [4.69, 9.17) is 11.6 Å². The van der Waals surface area contributed by atoms with E-state index in [9.17, 15) is 15.0 Å². The van der Waals surface area contributed by atoms with Gasteiger partial charge in [-0.1, -0.05) is 29.8 Å². The number of phenolic OH excluding ortho intramolecular Hbond substituents is 1. The van der Waals surface area contributed by atoms with E-state index in [0.29, 0.717) is 11.3 Å². The van der Waals surface area contributed by atoms with Gasteiger partial charge in [0.25, 0.3) is 0 Å². The van der Waals surface area contributed by atoms with Gasteiger partial charge in [0.05, 0.1) is 5.02 Å². The van der Waals surface area contributed by atoms with Gasteiger partial charge < -0.3 is 15.5 Å². The number of phenols is 1. The average molecular weight is 357 g/mol. The van der Waals surface area contributed by atoms with Gasteiger partial charge in [-0.05, 0) is 45.8 Å². The lowest BCUT2D eigenvalue weighted by atomic mass is 10.1. The van der Waals surface area contributed by atoms with Crippen LogP contribution in [-0.2, 0) is 4.79 Å². The van der Waals surface area contributed by atoms with E-state index in [-0.39, 0.29) is 10.8 Å². The molecule has 0 radical (unpaired) electrons. The number of carboxylic acid groups (broad SMARTS) is 1. The van der Waals surface area contributed by atoms with E-state index in [1.165, 1.54) is 18.2 Å². The van der Waals surface area contributed by atoms with Crippen molar-refractivity contribution in [3.05, 3.63) is 57.5 Å². The number of benzene rings is 2. The number of para-hydroxylation sites is 1. The van der Waals surface area contributed by atoms with Crippen molar-refractivity contribution in [1.82, 2.24) is 0 Å². The Bertz CT molecular complexity index is 648. The number of rotatable bonds is 4. The van der Waals surface area contributed by atoms with Gasteiger partial charge in [0.15, 0.2) is 6.04 Å². The number of aliphatic carboxylic acids is 1. The number of carboxylic acids is 1. The molecule has 2 rings (SSSR count). The Labute approximate surface area is 129 Å². The molecule has 0 saturated carbocycles. The Morgan fingerprint density at radius 1 is 1.25 bits per heavy atom. The van der Waals surface area contributed by atoms with E-state index in [0.717, 1.165) is 4.47 Å². The molecule has 0 amide bonds. The SMILES string of the molecule is O=C(O)C(Nc1ccccc1Br)c1ccc(O)c(Cl)c1. The lowest BCUT2D eigenvalue weighted by Crippen LogP contribution is -2.20. The van der Waals surface area contributed by atoms with Crippen LogP contribution in [0, 0.1) is 0 Å². The Balaban J connectivity index is 2.34. The molecule has 6 heteroatoms. The van der Waals surface area contributed by atoms with Gasteiger partial charge in [0, 0.05) is 10.2 Å². The molecule has 0 bridgehead atoms. The summed E-state index contributed by atoms with van der Waals surface area (Å²) < 4.78 is 0.760. The number of aromatic hydroxyl groups is 1. The fourth-order valence-corrected chi connectivity index (χ4v) is 2.31. The highest BCUT2D eigenvalue weighted by molar-refractivity contribution is 9.10. The van der Waals surface area contributed by atoms with Crippen molar-refractivity contribution >= 4 is 39.2 Å². The van der Waals surface area contributed by atoms with Crippen LogP contribution in [0.5, 0.6) is 5.75 Å². The summed E-state index contributed by atoms with van der Waals surface area (Å²) in [5.74, 6) is -1.12. The zero-order valence-electron chi connectivity index (χ0n) is 10.2. The molecule has 0 aliphatic carbocycles. The predicted molar refractivity (Wildman–Crippen MR) is 81.3 cm³/mol. The summed E-state index contributed by atoms with van der Waals surface area (Å²) in [4.78, 5) is 11.4. The van der Waals surface area contributed by atoms with Crippen molar-refractivity contribution in [2.75, 3.05) is 5.32 Å². The molecule has 1 atom stereocenters. The smallest absolute Gasteiger partial charge is 0.330 e. The Morgan fingerprint density at radius 3 is 2.55 bits per heavy atom. The van der Waals surface area contributed by atoms with Crippen LogP contribution in [0.2, 0.25) is 5.02 Å². The maximum absolute atomic E-state index is 11.4. The highest BCUT2D eigenvalue weighted by Gasteiger charge is 2.21. The molecule has 0 fully saturated rings. The van der Waals surface area contributed by atoms with Gasteiger partial charge in [-0.2, -0.15) is 0 Å². The van der Waals surface area contributed by atoms with Crippen LogP contribution in [0.15, 0.2) is 46.9 Å². The summed E-state index contributed by atoms with van der Waals surface area (Å²) in [5.41, 5.74) is 1.11. The molecule has 1 unspecified atom stereocenters. The van der Waals surface area contributed by atoms with Crippen LogP contribution < -0.4 is 5.32 Å². The number of hydrogen-bond acceptors (Lipinski definition) is 3. The minimum atomic E-state index is -1.04. The molecule has 3 N–H and O–H groups in total. The number of halogens is 2. The molecule has 0 aliphatic rings. The monoisotopic (exact) mass is 355 g/mol. The quantitative estimate of drug-likeness (QED) is 0.773. The summed E-state index contributed by atoms with van der Waals surface area (Å²) in [6.07, 6.45) is 0. The summed E-state index contributed by atoms with van der Waals surface area (Å²) in [5, 5.41) is 21.8. The van der Waals surface area contributed by atoms with Crippen molar-refractivity contribution in [3.8, 4) is 5.75 Å². The second kappa shape index (κ2) is 6.15. The minimum absolute atomic E-state index is 0.0829. The fraction of sp³-hybridized carbons (Fsp3) is 0.0714. The van der Waals surface area contributed by atoms with Gasteiger partial charge >= 0.3 is 5.97 Å². The summed E-state index contributed by atoms with van der Waals surface area (Å²) in [6.45, 7) is 0. The Morgan fingerprint density at radius 2 is 1.95 bits per heavy atom. The largest absolute Gasteiger partial charge is 0.506 e. The number of anilines is 1. The van der Waals surface area contributed by atoms with Gasteiger partial charge in [-0.15, -0.1) is 0 Å². The normalized spacial score (nSPS) is 11.9. The molecule has 0 saturated heterocycles. The molecule has 20 heavy (non-hydrogen) atoms. The standard InChI is InChI=1S/C14H11BrClNO3/c15-9-3-1-2-4-11(9)17-13(14(19)20)8-5-6-12(18)10(16)7-8/h1-7,13,17-18H,(H,19,20). The lowest BCUT2D eigenvalue weighted by Gasteiger charge is -2.17. The van der Waals surface area contributed by atoms with E-state index in [2.05, 4.69) is 21.2 Å². The van der Waals surface area contributed by atoms with Crippen molar-refractivity contribution in [1.29, 1.82) is 0 Å². The molecule has 0 heterocycles. The lowest BCUT2D eigenvalue weighted by molar-refractivity contribution is -0.138. The molecule has 104 valence electrons. The zero-order chi connectivity index (χ0) is 14.7. The van der Waals surface area contributed by atoms with Gasteiger partial charge in [0.2, 0.25) is 0 Å². The number of hydrogen-bond donors (Lipinski definition) is 3. The summed E-state index contributed by atoms with van der Waals surface area (Å²) >= 11 is 9.17. The Kier molecular flexibility index (Phi) is 4.52. The van der Waals surface area contributed by atoms with E-state index >= 15 is 0 Å². The van der Waals surface area contributed by atoms with Crippen LogP contribution >= 0.6 is 27.5 Å². The molecule has 0 aromatic heterocycles. The van der Waals surface area contributed by atoms with Crippen molar-refractivity contribution in [2.24, 2.45) is 0 Å². The summed E-state index contributed by atoms with van der Waals surface area (Å²) in [6, 6.07) is 10.6. The second-order valence-electron chi connectivity index (χ2n) is 4.11. The van der Waals surface area contributed by atoms with Crippen LogP contribution in [0.4, 0.5) is 5.69 Å². The maximum Gasteiger partial charge on any atom is 0.330 e. The topological polar surface area (TPSA) is 69.6 Å². The second-order valence-corrected chi connectivity index (χ2v) is 5.37. The summed E-state index contributed by atoms with van der Waals surface area (Å²) in [7, 11) is 0. The molecule has 0 aliphatic heterocycles. The highest BCUT2D eigenvalue weighted by atomic mass is 79.9. The predicted octanol–water partition coefficient (Wildman–Crippen LogP) is 4.05. The third-order valence-corrected chi connectivity index (χ3v) is 3.72. The van der Waals surface area contributed by atoms with Crippen molar-refractivity contribution in [3.63, 3.8) is 0 Å². The molecule has 2 aromatic rings. The van der Waals surface area contributed by atoms with Crippen molar-refractivity contribution < 1.29 is 15.0 Å². The third-order valence-electron chi connectivity index (χ3n) is 2.73. The molecule has 0 spiro atoms. The minimum Gasteiger partial charge on any atom is -0.506 e. The van der Waals surface area contributed by atoms with Crippen LogP contribution in [-0.4, -0.2) is 16.2 Å². The van der Waals surface area contributed by atoms with Gasteiger partial charge in [-0.25, -0.2) is 4.79 Å². The zero-order valence-corrected chi connectivity index (χ0v) is 12.5. The molecule has 4 nitrogen and oxygen atoms in total. The fourth-order valence-electron chi connectivity index (χ4n) is 1.72. The van der Waals surface area contributed by atoms with E-state index in [1.54, 1.807) is 12.1 Å². The Hall–Kier alpha value is -1.72. The maximum atomic E-state index is 11.4. The van der Waals surface area contributed by atoms with Crippen molar-refractivity contribution in [2.45, 2.75) is 6.04 Å². The van der Waals surface area contributed by atoms with Crippen LogP contribution in [0.25, 0.3) is 0 Å². The molecular formula is C14H11BrClNO3. The molecule has 2 aromatic carbocycles. The first-order valence-corrected chi connectivity index (χ1v) is 6.88. The number of carbonyl (C=O) groups is 1. The first-order chi connectivity index (χ1) is 9.49. The van der Waals surface area contributed by atoms with E-state index in [1.807, 2.05) is 12.1 Å². The third kappa shape index (κ3) is 3.23. The number of nitrogens with one attached hydrogen (secondary N) is 1. The molecular weight excluding hydrogens is 346 g/mol. The first-order valence-electron chi connectivity index (χ1n) is 5.71. The van der Waals surface area contributed by atoms with Gasteiger partial charge in [0.1, 0.15) is 5.75 Å². The first kappa shape index (κ1) is 14.7. The van der Waals surface area contributed by atoms with Crippen LogP contribution in [0.3, 0.4) is 0 Å². The van der Waals surface area contributed by atoms with E-state index < -0.39 is 12.0 Å².